The fourth-order valence-electron chi connectivity index (χ4n) is 2.04. The normalized spacial score (nSPS) is 20.6. The van der Waals surface area contributed by atoms with Crippen LogP contribution in [0.5, 0.6) is 0 Å². The molecule has 2 atom stereocenters. The summed E-state index contributed by atoms with van der Waals surface area (Å²) in [6.45, 7) is 7.82. The van der Waals surface area contributed by atoms with E-state index in [1.54, 1.807) is 7.05 Å². The molecule has 6 heteroatoms. The van der Waals surface area contributed by atoms with Crippen LogP contribution >= 0.6 is 0 Å². The van der Waals surface area contributed by atoms with E-state index in [-0.39, 0.29) is 5.97 Å². The maximum absolute atomic E-state index is 12.3. The van der Waals surface area contributed by atoms with E-state index in [0.29, 0.717) is 26.3 Å². The van der Waals surface area contributed by atoms with Crippen LogP contribution in [-0.4, -0.2) is 68.2 Å². The van der Waals surface area contributed by atoms with Crippen LogP contribution in [0.4, 0.5) is 0 Å². The van der Waals surface area contributed by atoms with Crippen LogP contribution < -0.4 is 5.32 Å². The number of morpholine rings is 1. The monoisotopic (exact) mass is 272 g/mol. The summed E-state index contributed by atoms with van der Waals surface area (Å²) in [5.41, 5.74) is -0.567. The summed E-state index contributed by atoms with van der Waals surface area (Å²) in [6, 6.07) is -1.18. The molecule has 0 bridgehead atoms. The molecular formula is C13H24N2O4. The fraction of sp³-hybridized carbons (Fsp3) is 0.846. The van der Waals surface area contributed by atoms with E-state index >= 15 is 0 Å². The topological polar surface area (TPSA) is 67.9 Å². The number of nitrogens with zero attached hydrogens (tertiary/aromatic N) is 1. The van der Waals surface area contributed by atoms with E-state index in [0.717, 1.165) is 6.29 Å². The number of ether oxygens (including phenoxy) is 2. The fourth-order valence-corrected chi connectivity index (χ4v) is 2.04. The Morgan fingerprint density at radius 3 is 2.37 bits per heavy atom. The predicted molar refractivity (Wildman–Crippen MR) is 70.9 cm³/mol. The van der Waals surface area contributed by atoms with Gasteiger partial charge in [-0.15, -0.1) is 0 Å². The zero-order chi connectivity index (χ0) is 14.5. The number of hydrogen-bond donors (Lipinski definition) is 1. The van der Waals surface area contributed by atoms with Gasteiger partial charge >= 0.3 is 5.97 Å². The maximum atomic E-state index is 12.3. The van der Waals surface area contributed by atoms with E-state index in [2.05, 4.69) is 5.32 Å². The third kappa shape index (κ3) is 4.89. The molecule has 0 aromatic rings. The SMILES string of the molecule is CNC(C=O)C(C(=O)OC(C)(C)C)N1CCOCC1. The van der Waals surface area contributed by atoms with Crippen molar-refractivity contribution in [1.29, 1.82) is 0 Å². The standard InChI is InChI=1S/C13H24N2O4/c1-13(2,3)19-12(17)11(10(9-16)14-4)15-5-7-18-8-6-15/h9-11,14H,5-8H2,1-4H3. The van der Waals surface area contributed by atoms with Crippen molar-refractivity contribution in [3.05, 3.63) is 0 Å². The molecule has 1 saturated heterocycles. The first-order chi connectivity index (χ1) is 8.89. The van der Waals surface area contributed by atoms with E-state index in [1.807, 2.05) is 25.7 Å². The average Bonchev–Trinajstić information content (AvgIpc) is 2.34. The Morgan fingerprint density at radius 2 is 1.95 bits per heavy atom. The number of rotatable bonds is 5. The van der Waals surface area contributed by atoms with Gasteiger partial charge in [0.05, 0.1) is 19.3 Å². The largest absolute Gasteiger partial charge is 0.459 e. The van der Waals surface area contributed by atoms with Crippen LogP contribution in [0.3, 0.4) is 0 Å². The quantitative estimate of drug-likeness (QED) is 0.553. The molecule has 1 N–H and O–H groups in total. The van der Waals surface area contributed by atoms with Gasteiger partial charge in [0, 0.05) is 13.1 Å². The summed E-state index contributed by atoms with van der Waals surface area (Å²) < 4.78 is 10.7. The smallest absolute Gasteiger partial charge is 0.325 e. The Balaban J connectivity index is 2.84. The molecule has 6 nitrogen and oxygen atoms in total. The van der Waals surface area contributed by atoms with Crippen LogP contribution in [0.25, 0.3) is 0 Å². The zero-order valence-electron chi connectivity index (χ0n) is 12.1. The highest BCUT2D eigenvalue weighted by Crippen LogP contribution is 2.14. The first-order valence-electron chi connectivity index (χ1n) is 6.56. The molecule has 0 aromatic heterocycles. The van der Waals surface area contributed by atoms with Crippen molar-refractivity contribution in [2.45, 2.75) is 38.5 Å². The number of carbonyl (C=O) groups excluding carboxylic acids is 2. The lowest BCUT2D eigenvalue weighted by Crippen LogP contribution is -2.58. The van der Waals surface area contributed by atoms with Crippen molar-refractivity contribution in [1.82, 2.24) is 10.2 Å². The molecular weight excluding hydrogens is 248 g/mol. The van der Waals surface area contributed by atoms with Crippen molar-refractivity contribution < 1.29 is 19.1 Å². The highest BCUT2D eigenvalue weighted by atomic mass is 16.6. The molecule has 2 unspecified atom stereocenters. The number of aldehydes is 1. The summed E-state index contributed by atoms with van der Waals surface area (Å²) >= 11 is 0. The predicted octanol–water partition coefficient (Wildman–Crippen LogP) is -0.184. The van der Waals surface area contributed by atoms with Crippen LogP contribution in [0, 0.1) is 0 Å². The molecule has 0 radical (unpaired) electrons. The van der Waals surface area contributed by atoms with Gasteiger partial charge in [-0.25, -0.2) is 0 Å². The molecule has 1 aliphatic heterocycles. The summed E-state index contributed by atoms with van der Waals surface area (Å²) in [6.07, 6.45) is 0.754. The van der Waals surface area contributed by atoms with Crippen LogP contribution in [0.1, 0.15) is 20.8 Å². The molecule has 0 aliphatic carbocycles. The highest BCUT2D eigenvalue weighted by Gasteiger charge is 2.36. The van der Waals surface area contributed by atoms with Gasteiger partial charge in [0.1, 0.15) is 17.9 Å². The molecule has 0 amide bonds. The Kier molecular flexibility index (Phi) is 5.90. The third-order valence-corrected chi connectivity index (χ3v) is 2.91. The first kappa shape index (κ1) is 16.1. The van der Waals surface area contributed by atoms with Crippen molar-refractivity contribution in [3.8, 4) is 0 Å². The summed E-state index contributed by atoms with van der Waals surface area (Å²) in [4.78, 5) is 25.4. The zero-order valence-corrected chi connectivity index (χ0v) is 12.1. The van der Waals surface area contributed by atoms with Crippen molar-refractivity contribution in [2.24, 2.45) is 0 Å². The van der Waals surface area contributed by atoms with Gasteiger partial charge in [-0.2, -0.15) is 0 Å². The second-order valence-corrected chi connectivity index (χ2v) is 5.58. The second-order valence-electron chi connectivity index (χ2n) is 5.58. The molecule has 19 heavy (non-hydrogen) atoms. The molecule has 1 aliphatic rings. The van der Waals surface area contributed by atoms with Gasteiger partial charge in [-0.05, 0) is 27.8 Å². The van der Waals surface area contributed by atoms with Crippen molar-refractivity contribution in [2.75, 3.05) is 33.4 Å². The first-order valence-corrected chi connectivity index (χ1v) is 6.56. The number of esters is 1. The number of nitrogens with one attached hydrogen (secondary N) is 1. The van der Waals surface area contributed by atoms with E-state index in [4.69, 9.17) is 9.47 Å². The minimum atomic E-state index is -0.606. The molecule has 0 saturated carbocycles. The molecule has 0 aromatic carbocycles. The van der Waals surface area contributed by atoms with Gasteiger partial charge in [0.2, 0.25) is 0 Å². The Hall–Kier alpha value is -0.980. The number of likely N-dealkylation sites (N-methyl/N-ethyl adjacent to an activating group) is 1. The highest BCUT2D eigenvalue weighted by molar-refractivity contribution is 5.82. The van der Waals surface area contributed by atoms with Gasteiger partial charge in [0.25, 0.3) is 0 Å². The lowest BCUT2D eigenvalue weighted by Gasteiger charge is -2.36. The molecule has 110 valence electrons. The Bertz CT molecular complexity index is 308. The maximum Gasteiger partial charge on any atom is 0.325 e. The van der Waals surface area contributed by atoms with Crippen molar-refractivity contribution >= 4 is 12.3 Å². The average molecular weight is 272 g/mol. The molecule has 1 heterocycles. The van der Waals surface area contributed by atoms with E-state index in [9.17, 15) is 9.59 Å². The van der Waals surface area contributed by atoms with Gasteiger partial charge in [0.15, 0.2) is 0 Å². The van der Waals surface area contributed by atoms with Gasteiger partial charge in [-0.3, -0.25) is 9.69 Å². The molecule has 1 rings (SSSR count). The molecule has 1 fully saturated rings. The summed E-state index contributed by atoms with van der Waals surface area (Å²) in [5, 5.41) is 2.86. The van der Waals surface area contributed by atoms with Crippen LogP contribution in [0.15, 0.2) is 0 Å². The summed E-state index contributed by atoms with van der Waals surface area (Å²) in [7, 11) is 1.66. The third-order valence-electron chi connectivity index (χ3n) is 2.91. The second kappa shape index (κ2) is 6.98. The minimum Gasteiger partial charge on any atom is -0.459 e. The van der Waals surface area contributed by atoms with Gasteiger partial charge in [-0.1, -0.05) is 0 Å². The lowest BCUT2D eigenvalue weighted by atomic mass is 10.1. The van der Waals surface area contributed by atoms with Crippen molar-refractivity contribution in [3.63, 3.8) is 0 Å². The van der Waals surface area contributed by atoms with Crippen LogP contribution in [-0.2, 0) is 19.1 Å². The van der Waals surface area contributed by atoms with E-state index < -0.39 is 17.7 Å². The molecule has 0 spiro atoms. The summed E-state index contributed by atoms with van der Waals surface area (Å²) in [5.74, 6) is -0.374. The van der Waals surface area contributed by atoms with Crippen LogP contribution in [0.2, 0.25) is 0 Å². The van der Waals surface area contributed by atoms with E-state index in [1.165, 1.54) is 0 Å². The number of carbonyl (C=O) groups is 2. The number of hydrogen-bond acceptors (Lipinski definition) is 6. The Morgan fingerprint density at radius 1 is 1.37 bits per heavy atom. The lowest BCUT2D eigenvalue weighted by molar-refractivity contribution is -0.165. The van der Waals surface area contributed by atoms with Gasteiger partial charge < -0.3 is 19.6 Å². The Labute approximate surface area is 114 Å². The minimum absolute atomic E-state index is 0.374.